The Labute approximate surface area is 123 Å². The van der Waals surface area contributed by atoms with Crippen LogP contribution in [0.2, 0.25) is 0 Å². The number of nitro benzene ring substituents is 1. The average Bonchev–Trinajstić information content (AvgIpc) is 2.29. The van der Waals surface area contributed by atoms with Crippen molar-refractivity contribution in [2.45, 2.75) is 13.8 Å². The van der Waals surface area contributed by atoms with Gasteiger partial charge in [0.15, 0.2) is 0 Å². The molecule has 0 saturated heterocycles. The second-order valence-electron chi connectivity index (χ2n) is 4.68. The number of hydrogen-bond donors (Lipinski definition) is 1. The van der Waals surface area contributed by atoms with Crippen LogP contribution in [-0.2, 0) is 4.79 Å². The molecule has 0 bridgehead atoms. The van der Waals surface area contributed by atoms with Crippen LogP contribution in [0.1, 0.15) is 13.8 Å². The van der Waals surface area contributed by atoms with E-state index < -0.39 is 28.9 Å². The highest BCUT2D eigenvalue weighted by Gasteiger charge is 2.24. The van der Waals surface area contributed by atoms with Crippen LogP contribution < -0.4 is 4.90 Å². The molecule has 0 aliphatic carbocycles. The van der Waals surface area contributed by atoms with Crippen molar-refractivity contribution in [1.29, 1.82) is 0 Å². The minimum Gasteiger partial charge on any atom is -0.480 e. The predicted octanol–water partition coefficient (Wildman–Crippen LogP) is 3.04. The number of rotatable bonds is 6. The van der Waals surface area contributed by atoms with Crippen molar-refractivity contribution in [3.8, 4) is 0 Å². The number of hydrogen-bond acceptors (Lipinski definition) is 4. The van der Waals surface area contributed by atoms with Crippen LogP contribution in [0.3, 0.4) is 0 Å². The minimum absolute atomic E-state index is 0.0530. The number of halogens is 2. The first kappa shape index (κ1) is 16.4. The number of nitro groups is 1. The van der Waals surface area contributed by atoms with Gasteiger partial charge in [-0.1, -0.05) is 13.8 Å². The van der Waals surface area contributed by atoms with Crippen molar-refractivity contribution in [2.75, 3.05) is 18.0 Å². The SMILES string of the molecule is CC(C)CN(CC(=O)O)c1cc(Br)c(F)cc1[N+](=O)[O-]. The lowest BCUT2D eigenvalue weighted by atomic mass is 10.1. The summed E-state index contributed by atoms with van der Waals surface area (Å²) in [6.07, 6.45) is 0. The van der Waals surface area contributed by atoms with E-state index in [1.807, 2.05) is 13.8 Å². The number of benzene rings is 1. The molecule has 0 aromatic heterocycles. The molecule has 0 saturated carbocycles. The molecular formula is C12H14BrFN2O4. The van der Waals surface area contributed by atoms with Gasteiger partial charge in [-0.15, -0.1) is 0 Å². The van der Waals surface area contributed by atoms with Crippen molar-refractivity contribution in [2.24, 2.45) is 5.92 Å². The topological polar surface area (TPSA) is 83.7 Å². The molecule has 0 unspecified atom stereocenters. The molecule has 0 aliphatic heterocycles. The predicted molar refractivity (Wildman–Crippen MR) is 75.4 cm³/mol. The Morgan fingerprint density at radius 1 is 1.55 bits per heavy atom. The van der Waals surface area contributed by atoms with Gasteiger partial charge >= 0.3 is 5.97 Å². The Balaban J connectivity index is 3.33. The summed E-state index contributed by atoms with van der Waals surface area (Å²) in [5, 5.41) is 19.9. The highest BCUT2D eigenvalue weighted by atomic mass is 79.9. The second-order valence-corrected chi connectivity index (χ2v) is 5.53. The van der Waals surface area contributed by atoms with Crippen molar-refractivity contribution in [3.05, 3.63) is 32.5 Å². The molecule has 0 spiro atoms. The summed E-state index contributed by atoms with van der Waals surface area (Å²) < 4.78 is 13.5. The molecule has 1 rings (SSSR count). The van der Waals surface area contributed by atoms with Gasteiger partial charge in [0.1, 0.15) is 18.0 Å². The fourth-order valence-electron chi connectivity index (χ4n) is 1.78. The van der Waals surface area contributed by atoms with E-state index in [0.717, 1.165) is 6.07 Å². The van der Waals surface area contributed by atoms with E-state index in [0.29, 0.717) is 6.54 Å². The van der Waals surface area contributed by atoms with Crippen LogP contribution in [0, 0.1) is 21.8 Å². The Morgan fingerprint density at radius 2 is 2.15 bits per heavy atom. The lowest BCUT2D eigenvalue weighted by molar-refractivity contribution is -0.384. The van der Waals surface area contributed by atoms with Crippen LogP contribution in [0.5, 0.6) is 0 Å². The van der Waals surface area contributed by atoms with Gasteiger partial charge in [-0.2, -0.15) is 0 Å². The normalized spacial score (nSPS) is 10.7. The summed E-state index contributed by atoms with van der Waals surface area (Å²) in [4.78, 5) is 22.5. The standard InChI is InChI=1S/C12H14BrFN2O4/c1-7(2)5-15(6-12(17)18)10-3-8(13)9(14)4-11(10)16(19)20/h3-4,7H,5-6H2,1-2H3,(H,17,18). The third-order valence-electron chi connectivity index (χ3n) is 2.47. The highest BCUT2D eigenvalue weighted by Crippen LogP contribution is 2.33. The summed E-state index contributed by atoms with van der Waals surface area (Å²) in [6, 6.07) is 2.02. The van der Waals surface area contributed by atoms with E-state index in [-0.39, 0.29) is 16.1 Å². The van der Waals surface area contributed by atoms with Gasteiger partial charge in [-0.05, 0) is 27.9 Å². The van der Waals surface area contributed by atoms with Crippen LogP contribution in [0.4, 0.5) is 15.8 Å². The van der Waals surface area contributed by atoms with Crippen molar-refractivity contribution in [1.82, 2.24) is 0 Å². The zero-order chi connectivity index (χ0) is 15.4. The molecule has 0 radical (unpaired) electrons. The minimum atomic E-state index is -1.11. The lowest BCUT2D eigenvalue weighted by Crippen LogP contribution is -2.33. The zero-order valence-electron chi connectivity index (χ0n) is 11.0. The van der Waals surface area contributed by atoms with Crippen molar-refractivity contribution < 1.29 is 19.2 Å². The summed E-state index contributed by atoms with van der Waals surface area (Å²) in [7, 11) is 0. The Hall–Kier alpha value is -1.70. The van der Waals surface area contributed by atoms with E-state index in [2.05, 4.69) is 15.9 Å². The van der Waals surface area contributed by atoms with Crippen molar-refractivity contribution in [3.63, 3.8) is 0 Å². The van der Waals surface area contributed by atoms with E-state index in [9.17, 15) is 19.3 Å². The first-order valence-electron chi connectivity index (χ1n) is 5.82. The number of nitrogens with zero attached hydrogens (tertiary/aromatic N) is 2. The van der Waals surface area contributed by atoms with E-state index in [1.165, 1.54) is 11.0 Å². The van der Waals surface area contributed by atoms with Crippen LogP contribution in [-0.4, -0.2) is 29.1 Å². The molecule has 6 nitrogen and oxygen atoms in total. The second kappa shape index (κ2) is 6.65. The summed E-state index contributed by atoms with van der Waals surface area (Å²) >= 11 is 2.96. The van der Waals surface area contributed by atoms with Gasteiger partial charge in [0.25, 0.3) is 5.69 Å². The fourth-order valence-corrected chi connectivity index (χ4v) is 2.11. The molecule has 20 heavy (non-hydrogen) atoms. The monoisotopic (exact) mass is 348 g/mol. The average molecular weight is 349 g/mol. The van der Waals surface area contributed by atoms with Gasteiger partial charge in [-0.3, -0.25) is 14.9 Å². The molecule has 8 heteroatoms. The summed E-state index contributed by atoms with van der Waals surface area (Å²) in [6.45, 7) is 3.64. The van der Waals surface area contributed by atoms with Crippen LogP contribution in [0.15, 0.2) is 16.6 Å². The quantitative estimate of drug-likeness (QED) is 0.630. The molecule has 0 fully saturated rings. The summed E-state index contributed by atoms with van der Waals surface area (Å²) in [5.41, 5.74) is -0.369. The zero-order valence-corrected chi connectivity index (χ0v) is 12.6. The maximum Gasteiger partial charge on any atom is 0.323 e. The third kappa shape index (κ3) is 4.16. The van der Waals surface area contributed by atoms with Gasteiger partial charge in [-0.25, -0.2) is 4.39 Å². The number of anilines is 1. The molecule has 0 heterocycles. The van der Waals surface area contributed by atoms with Gasteiger partial charge < -0.3 is 10.0 Å². The largest absolute Gasteiger partial charge is 0.480 e. The maximum atomic E-state index is 13.4. The molecule has 0 amide bonds. The lowest BCUT2D eigenvalue weighted by Gasteiger charge is -2.24. The van der Waals surface area contributed by atoms with Gasteiger partial charge in [0.2, 0.25) is 0 Å². The maximum absolute atomic E-state index is 13.4. The Kier molecular flexibility index (Phi) is 5.43. The van der Waals surface area contributed by atoms with Gasteiger partial charge in [0, 0.05) is 6.54 Å². The number of carboxylic acids is 1. The number of aliphatic carboxylic acids is 1. The smallest absolute Gasteiger partial charge is 0.323 e. The fraction of sp³-hybridized carbons (Fsp3) is 0.417. The number of carboxylic acid groups (broad SMARTS) is 1. The summed E-state index contributed by atoms with van der Waals surface area (Å²) in [5.74, 6) is -1.78. The molecule has 0 atom stereocenters. The first-order chi connectivity index (χ1) is 9.22. The van der Waals surface area contributed by atoms with E-state index in [4.69, 9.17) is 5.11 Å². The highest BCUT2D eigenvalue weighted by molar-refractivity contribution is 9.10. The molecule has 0 aliphatic rings. The van der Waals surface area contributed by atoms with Gasteiger partial charge in [0.05, 0.1) is 15.5 Å². The Morgan fingerprint density at radius 3 is 2.60 bits per heavy atom. The molecule has 1 aromatic carbocycles. The third-order valence-corrected chi connectivity index (χ3v) is 3.07. The first-order valence-corrected chi connectivity index (χ1v) is 6.61. The molecule has 110 valence electrons. The van der Waals surface area contributed by atoms with Crippen molar-refractivity contribution >= 4 is 33.3 Å². The molecular weight excluding hydrogens is 335 g/mol. The molecule has 1 aromatic rings. The van der Waals surface area contributed by atoms with E-state index >= 15 is 0 Å². The number of carbonyl (C=O) groups is 1. The van der Waals surface area contributed by atoms with Crippen LogP contribution >= 0.6 is 15.9 Å². The van der Waals surface area contributed by atoms with Crippen LogP contribution in [0.25, 0.3) is 0 Å². The Bertz CT molecular complexity index is 536. The van der Waals surface area contributed by atoms with E-state index in [1.54, 1.807) is 0 Å². The molecule has 1 N–H and O–H groups in total.